The largest absolute Gasteiger partial charge is 0.465 e. The Morgan fingerprint density at radius 2 is 1.76 bits per heavy atom. The molecule has 0 radical (unpaired) electrons. The van der Waals surface area contributed by atoms with Crippen molar-refractivity contribution in [3.63, 3.8) is 0 Å². The quantitative estimate of drug-likeness (QED) is 0.700. The molecule has 0 saturated heterocycles. The van der Waals surface area contributed by atoms with Gasteiger partial charge < -0.3 is 15.4 Å². The number of rotatable bonds is 6. The molecule has 1 amide bonds. The van der Waals surface area contributed by atoms with E-state index in [9.17, 15) is 9.59 Å². The molecule has 0 aliphatic carbocycles. The summed E-state index contributed by atoms with van der Waals surface area (Å²) in [5.74, 6) is -0.556. The van der Waals surface area contributed by atoms with E-state index in [-0.39, 0.29) is 24.4 Å². The van der Waals surface area contributed by atoms with Crippen LogP contribution in [0.5, 0.6) is 0 Å². The second-order valence-corrected chi connectivity index (χ2v) is 4.63. The van der Waals surface area contributed by atoms with Gasteiger partial charge in [-0.3, -0.25) is 9.59 Å². The Balaban J connectivity index is 4.63. The van der Waals surface area contributed by atoms with Crippen LogP contribution in [0.1, 0.15) is 34.6 Å². The van der Waals surface area contributed by atoms with E-state index in [1.54, 1.807) is 6.92 Å². The van der Waals surface area contributed by atoms with Gasteiger partial charge in [0, 0.05) is 6.04 Å². The first-order valence-corrected chi connectivity index (χ1v) is 6.02. The van der Waals surface area contributed by atoms with Crippen molar-refractivity contribution in [2.45, 2.75) is 46.7 Å². The van der Waals surface area contributed by atoms with Gasteiger partial charge in [-0.15, -0.1) is 0 Å². The molecule has 5 heteroatoms. The SMILES string of the molecule is CCOC(=O)CN(C(=O)[C@H](N)C(C)C)C(C)C. The number of ether oxygens (including phenoxy) is 1. The van der Waals surface area contributed by atoms with Gasteiger partial charge in [-0.1, -0.05) is 13.8 Å². The minimum Gasteiger partial charge on any atom is -0.465 e. The van der Waals surface area contributed by atoms with Crippen LogP contribution < -0.4 is 5.73 Å². The van der Waals surface area contributed by atoms with Crippen molar-refractivity contribution >= 4 is 11.9 Å². The van der Waals surface area contributed by atoms with Crippen LogP contribution in [0.15, 0.2) is 0 Å². The van der Waals surface area contributed by atoms with E-state index in [1.165, 1.54) is 4.90 Å². The normalized spacial score (nSPS) is 12.7. The van der Waals surface area contributed by atoms with E-state index < -0.39 is 12.0 Å². The number of hydrogen-bond donors (Lipinski definition) is 1. The number of nitrogens with two attached hydrogens (primary N) is 1. The Bertz CT molecular complexity index is 264. The predicted octanol–water partition coefficient (Wildman–Crippen LogP) is 0.770. The maximum Gasteiger partial charge on any atom is 0.325 e. The number of nitrogens with zero attached hydrogens (tertiary/aromatic N) is 1. The second-order valence-electron chi connectivity index (χ2n) is 4.63. The molecule has 0 spiro atoms. The van der Waals surface area contributed by atoms with Gasteiger partial charge in [0.25, 0.3) is 0 Å². The Labute approximate surface area is 103 Å². The van der Waals surface area contributed by atoms with Crippen LogP contribution in [-0.4, -0.2) is 42.0 Å². The predicted molar refractivity (Wildman–Crippen MR) is 66.3 cm³/mol. The highest BCUT2D eigenvalue weighted by atomic mass is 16.5. The van der Waals surface area contributed by atoms with Crippen LogP contribution in [0.3, 0.4) is 0 Å². The van der Waals surface area contributed by atoms with Crippen molar-refractivity contribution in [2.75, 3.05) is 13.2 Å². The molecule has 1 atom stereocenters. The summed E-state index contributed by atoms with van der Waals surface area (Å²) in [7, 11) is 0. The molecule has 0 fully saturated rings. The fourth-order valence-electron chi connectivity index (χ4n) is 1.34. The molecule has 0 bridgehead atoms. The zero-order valence-corrected chi connectivity index (χ0v) is 11.4. The first kappa shape index (κ1) is 15.9. The van der Waals surface area contributed by atoms with Gasteiger partial charge in [0.2, 0.25) is 5.91 Å². The van der Waals surface area contributed by atoms with E-state index in [2.05, 4.69) is 0 Å². The molecule has 0 aromatic carbocycles. The van der Waals surface area contributed by atoms with Crippen molar-refractivity contribution in [2.24, 2.45) is 11.7 Å². The summed E-state index contributed by atoms with van der Waals surface area (Å²) in [5.41, 5.74) is 5.81. The van der Waals surface area contributed by atoms with Crippen molar-refractivity contribution in [1.29, 1.82) is 0 Å². The third kappa shape index (κ3) is 5.17. The highest BCUT2D eigenvalue weighted by Gasteiger charge is 2.27. The number of carbonyl (C=O) groups excluding carboxylic acids is 2. The smallest absolute Gasteiger partial charge is 0.325 e. The van der Waals surface area contributed by atoms with Gasteiger partial charge in [-0.25, -0.2) is 0 Å². The summed E-state index contributed by atoms with van der Waals surface area (Å²) < 4.78 is 4.84. The zero-order chi connectivity index (χ0) is 13.6. The van der Waals surface area contributed by atoms with Crippen molar-refractivity contribution in [1.82, 2.24) is 4.90 Å². The van der Waals surface area contributed by atoms with Gasteiger partial charge in [-0.05, 0) is 26.7 Å². The lowest BCUT2D eigenvalue weighted by Gasteiger charge is -2.29. The minimum atomic E-state index is -0.577. The van der Waals surface area contributed by atoms with Gasteiger partial charge >= 0.3 is 5.97 Å². The molecule has 2 N–H and O–H groups in total. The molecule has 0 aromatic rings. The van der Waals surface area contributed by atoms with E-state index >= 15 is 0 Å². The molecular weight excluding hydrogens is 220 g/mol. The van der Waals surface area contributed by atoms with E-state index in [0.717, 1.165) is 0 Å². The van der Waals surface area contributed by atoms with Gasteiger partial charge in [0.15, 0.2) is 0 Å². The third-order valence-electron chi connectivity index (χ3n) is 2.51. The van der Waals surface area contributed by atoms with E-state index in [1.807, 2.05) is 27.7 Å². The van der Waals surface area contributed by atoms with Crippen LogP contribution in [0.25, 0.3) is 0 Å². The molecular formula is C12H24N2O3. The molecule has 0 saturated carbocycles. The highest BCUT2D eigenvalue weighted by Crippen LogP contribution is 2.07. The summed E-state index contributed by atoms with van der Waals surface area (Å²) >= 11 is 0. The second kappa shape index (κ2) is 7.27. The summed E-state index contributed by atoms with van der Waals surface area (Å²) in [6.45, 7) is 9.48. The average Bonchev–Trinajstić information content (AvgIpc) is 2.23. The fraction of sp³-hybridized carbons (Fsp3) is 0.833. The molecule has 0 aliphatic heterocycles. The molecule has 100 valence electrons. The first-order valence-electron chi connectivity index (χ1n) is 6.02. The zero-order valence-electron chi connectivity index (χ0n) is 11.4. The molecule has 0 rings (SSSR count). The summed E-state index contributed by atoms with van der Waals surface area (Å²) in [6.07, 6.45) is 0. The number of hydrogen-bond acceptors (Lipinski definition) is 4. The van der Waals surface area contributed by atoms with Crippen molar-refractivity contribution in [3.05, 3.63) is 0 Å². The van der Waals surface area contributed by atoms with Crippen molar-refractivity contribution in [3.8, 4) is 0 Å². The lowest BCUT2D eigenvalue weighted by molar-refractivity contribution is -0.150. The molecule has 17 heavy (non-hydrogen) atoms. The average molecular weight is 244 g/mol. The van der Waals surface area contributed by atoms with Gasteiger partial charge in [0.05, 0.1) is 12.6 Å². The monoisotopic (exact) mass is 244 g/mol. The number of esters is 1. The molecule has 0 aromatic heterocycles. The lowest BCUT2D eigenvalue weighted by atomic mass is 10.0. The third-order valence-corrected chi connectivity index (χ3v) is 2.51. The van der Waals surface area contributed by atoms with Crippen LogP contribution in [-0.2, 0) is 14.3 Å². The van der Waals surface area contributed by atoms with Crippen LogP contribution in [0.4, 0.5) is 0 Å². The maximum atomic E-state index is 12.1. The summed E-state index contributed by atoms with van der Waals surface area (Å²) in [5, 5.41) is 0. The summed E-state index contributed by atoms with van der Waals surface area (Å²) in [6, 6.07) is -0.650. The number of carbonyl (C=O) groups is 2. The standard InChI is InChI=1S/C12H24N2O3/c1-6-17-10(15)7-14(9(4)5)12(16)11(13)8(2)3/h8-9,11H,6-7,13H2,1-5H3/t11-/m1/s1. The maximum absolute atomic E-state index is 12.1. The molecule has 0 aliphatic rings. The highest BCUT2D eigenvalue weighted by molar-refractivity contribution is 5.86. The Morgan fingerprint density at radius 3 is 2.12 bits per heavy atom. The van der Waals surface area contributed by atoms with Gasteiger partial charge in [-0.2, -0.15) is 0 Å². The van der Waals surface area contributed by atoms with Crippen molar-refractivity contribution < 1.29 is 14.3 Å². The minimum absolute atomic E-state index is 0.0369. The van der Waals surface area contributed by atoms with Gasteiger partial charge in [0.1, 0.15) is 6.54 Å². The fourth-order valence-corrected chi connectivity index (χ4v) is 1.34. The Kier molecular flexibility index (Phi) is 6.80. The number of amides is 1. The summed E-state index contributed by atoms with van der Waals surface area (Å²) in [4.78, 5) is 24.9. The Hall–Kier alpha value is -1.10. The van der Waals surface area contributed by atoms with Crippen LogP contribution in [0.2, 0.25) is 0 Å². The van der Waals surface area contributed by atoms with Crippen LogP contribution in [0, 0.1) is 5.92 Å². The van der Waals surface area contributed by atoms with E-state index in [4.69, 9.17) is 10.5 Å². The van der Waals surface area contributed by atoms with Crippen LogP contribution >= 0.6 is 0 Å². The first-order chi connectivity index (χ1) is 7.81. The topological polar surface area (TPSA) is 72.6 Å². The Morgan fingerprint density at radius 1 is 1.24 bits per heavy atom. The molecule has 0 unspecified atom stereocenters. The lowest BCUT2D eigenvalue weighted by Crippen LogP contribution is -2.51. The molecule has 0 heterocycles. The van der Waals surface area contributed by atoms with E-state index in [0.29, 0.717) is 6.61 Å². The molecule has 5 nitrogen and oxygen atoms in total.